The molecule has 6 rings (SSSR count). The van der Waals surface area contributed by atoms with Gasteiger partial charge in [0.1, 0.15) is 5.82 Å². The van der Waals surface area contributed by atoms with Crippen molar-refractivity contribution in [1.29, 1.82) is 0 Å². The molecule has 1 aromatic carbocycles. The highest BCUT2D eigenvalue weighted by Gasteiger charge is 2.22. The second-order valence-electron chi connectivity index (χ2n) is 9.20. The molecule has 0 bridgehead atoms. The molecule has 14 heteroatoms. The third kappa shape index (κ3) is 4.75. The number of amides is 1. The van der Waals surface area contributed by atoms with E-state index in [-0.39, 0.29) is 24.7 Å². The number of aliphatic hydroxyl groups excluding tert-OH is 1. The summed E-state index contributed by atoms with van der Waals surface area (Å²) in [6, 6.07) is 8.01. The number of nitrogens with zero attached hydrogens (tertiary/aromatic N) is 8. The van der Waals surface area contributed by atoms with Gasteiger partial charge in [-0.1, -0.05) is 0 Å². The molecule has 0 radical (unpaired) electrons. The van der Waals surface area contributed by atoms with Gasteiger partial charge in [-0.15, -0.1) is 5.10 Å². The summed E-state index contributed by atoms with van der Waals surface area (Å²) in [5.41, 5.74) is 8.62. The Morgan fingerprint density at radius 1 is 1.13 bits per heavy atom. The first kappa shape index (κ1) is 24.8. The molecule has 5 heterocycles. The van der Waals surface area contributed by atoms with Crippen molar-refractivity contribution in [3.05, 3.63) is 54.3 Å². The van der Waals surface area contributed by atoms with Crippen molar-refractivity contribution in [2.24, 2.45) is 0 Å². The molecule has 0 spiro atoms. The Balaban J connectivity index is 1.10. The lowest BCUT2D eigenvalue weighted by Gasteiger charge is -2.36. The molecule has 0 saturated carbocycles. The van der Waals surface area contributed by atoms with Gasteiger partial charge in [0.15, 0.2) is 22.6 Å². The van der Waals surface area contributed by atoms with Crippen molar-refractivity contribution in [3.63, 3.8) is 0 Å². The number of imidazole rings is 1. The van der Waals surface area contributed by atoms with Gasteiger partial charge in [0.25, 0.3) is 5.91 Å². The van der Waals surface area contributed by atoms with Crippen LogP contribution in [-0.4, -0.2) is 90.9 Å². The monoisotopic (exact) mass is 534 g/mol. The van der Waals surface area contributed by atoms with Crippen LogP contribution in [0.25, 0.3) is 28.4 Å². The van der Waals surface area contributed by atoms with E-state index in [1.54, 1.807) is 36.9 Å². The van der Waals surface area contributed by atoms with E-state index >= 15 is 0 Å². The highest BCUT2D eigenvalue weighted by Crippen LogP contribution is 2.24. The number of halogens is 1. The van der Waals surface area contributed by atoms with Gasteiger partial charge in [0.2, 0.25) is 11.8 Å². The Labute approximate surface area is 221 Å². The topological polar surface area (TPSA) is 156 Å². The highest BCUT2D eigenvalue weighted by atomic mass is 19.1. The van der Waals surface area contributed by atoms with Crippen LogP contribution in [0, 0.1) is 5.82 Å². The highest BCUT2D eigenvalue weighted by molar-refractivity contribution is 5.94. The molecule has 202 valence electrons. The maximum atomic E-state index is 14.8. The Bertz CT molecular complexity index is 1620. The molecule has 13 nitrogen and oxygen atoms in total. The number of carbonyl (C=O) groups is 1. The number of furan rings is 1. The molecule has 5 aromatic rings. The normalized spacial score (nSPS) is 14.5. The van der Waals surface area contributed by atoms with E-state index in [9.17, 15) is 9.18 Å². The van der Waals surface area contributed by atoms with Gasteiger partial charge in [-0.2, -0.15) is 9.50 Å². The van der Waals surface area contributed by atoms with E-state index in [2.05, 4.69) is 30.3 Å². The van der Waals surface area contributed by atoms with Gasteiger partial charge in [-0.25, -0.2) is 14.4 Å². The summed E-state index contributed by atoms with van der Waals surface area (Å²) >= 11 is 0. The number of hydrogen-bond acceptors (Lipinski definition) is 10. The number of aromatic nitrogens is 6. The lowest BCUT2D eigenvalue weighted by molar-refractivity contribution is 0.0944. The van der Waals surface area contributed by atoms with Gasteiger partial charge < -0.3 is 30.0 Å². The van der Waals surface area contributed by atoms with Crippen molar-refractivity contribution < 1.29 is 18.7 Å². The number of hydrogen-bond donors (Lipinski definition) is 3. The molecule has 1 saturated heterocycles. The molecular weight excluding hydrogens is 507 g/mol. The standard InChI is InChI=1S/C25H27FN10O3/c26-17-14-16(24(38)28-5-12-37)3-4-18(17)34-9-6-33(7-10-34)8-11-35-15-29-20-22(35)31-25(27)36-23(20)30-21(32-36)19-2-1-13-39-19/h1-4,13-15,37H,5-12H2,(H2,27,31)(H,28,38). The first-order valence-corrected chi connectivity index (χ1v) is 12.6. The molecule has 39 heavy (non-hydrogen) atoms. The smallest absolute Gasteiger partial charge is 0.251 e. The van der Waals surface area contributed by atoms with Crippen LogP contribution in [0.5, 0.6) is 0 Å². The predicted octanol–water partition coefficient (Wildman–Crippen LogP) is 1.000. The van der Waals surface area contributed by atoms with Gasteiger partial charge in [0, 0.05) is 51.4 Å². The summed E-state index contributed by atoms with van der Waals surface area (Å²) in [5, 5.41) is 15.8. The molecule has 0 unspecified atom stereocenters. The zero-order chi connectivity index (χ0) is 26.9. The summed E-state index contributed by atoms with van der Waals surface area (Å²) in [5.74, 6) is 0.291. The van der Waals surface area contributed by atoms with Crippen LogP contribution < -0.4 is 16.0 Å². The lowest BCUT2D eigenvalue weighted by atomic mass is 10.1. The SMILES string of the molecule is Nc1nc2c(ncn2CCN2CCN(c3ccc(C(=O)NCCO)cc3F)CC2)c2nc(-c3ccco3)nn12. The average Bonchev–Trinajstić information content (AvgIpc) is 3.71. The van der Waals surface area contributed by atoms with Crippen LogP contribution in [0.4, 0.5) is 16.0 Å². The van der Waals surface area contributed by atoms with Crippen LogP contribution in [0.1, 0.15) is 10.4 Å². The number of benzene rings is 1. The third-order valence-corrected chi connectivity index (χ3v) is 6.79. The number of aliphatic hydroxyl groups is 1. The number of piperazine rings is 1. The van der Waals surface area contributed by atoms with Crippen LogP contribution >= 0.6 is 0 Å². The van der Waals surface area contributed by atoms with E-state index in [0.717, 1.165) is 19.6 Å². The van der Waals surface area contributed by atoms with E-state index < -0.39 is 11.7 Å². The fourth-order valence-corrected chi connectivity index (χ4v) is 4.74. The number of nitrogens with one attached hydrogen (secondary N) is 1. The lowest BCUT2D eigenvalue weighted by Crippen LogP contribution is -2.47. The van der Waals surface area contributed by atoms with E-state index in [4.69, 9.17) is 15.3 Å². The molecule has 1 aliphatic heterocycles. The van der Waals surface area contributed by atoms with Crippen molar-refractivity contribution in [1.82, 2.24) is 39.3 Å². The summed E-state index contributed by atoms with van der Waals surface area (Å²) in [7, 11) is 0. The predicted molar refractivity (Wildman–Crippen MR) is 141 cm³/mol. The van der Waals surface area contributed by atoms with Crippen LogP contribution in [0.2, 0.25) is 0 Å². The number of nitrogens with two attached hydrogens (primary N) is 1. The molecule has 1 fully saturated rings. The van der Waals surface area contributed by atoms with E-state index in [1.807, 2.05) is 9.47 Å². The molecule has 4 aromatic heterocycles. The number of fused-ring (bicyclic) bond motifs is 3. The van der Waals surface area contributed by atoms with Gasteiger partial charge >= 0.3 is 0 Å². The fraction of sp³-hybridized carbons (Fsp3) is 0.320. The molecule has 1 aliphatic rings. The van der Waals surface area contributed by atoms with Crippen molar-refractivity contribution in [2.45, 2.75) is 6.54 Å². The van der Waals surface area contributed by atoms with E-state index in [0.29, 0.717) is 53.7 Å². The van der Waals surface area contributed by atoms with E-state index in [1.165, 1.54) is 10.6 Å². The van der Waals surface area contributed by atoms with Crippen molar-refractivity contribution >= 4 is 34.4 Å². The zero-order valence-corrected chi connectivity index (χ0v) is 21.0. The second-order valence-corrected chi connectivity index (χ2v) is 9.20. The third-order valence-electron chi connectivity index (χ3n) is 6.79. The summed E-state index contributed by atoms with van der Waals surface area (Å²) in [6.45, 7) is 4.16. The minimum atomic E-state index is -0.441. The van der Waals surface area contributed by atoms with Gasteiger partial charge in [-0.3, -0.25) is 9.69 Å². The Kier molecular flexibility index (Phi) is 6.54. The Morgan fingerprint density at radius 2 is 1.97 bits per heavy atom. The minimum Gasteiger partial charge on any atom is -0.461 e. The number of anilines is 2. The first-order valence-electron chi connectivity index (χ1n) is 12.6. The van der Waals surface area contributed by atoms with Crippen LogP contribution in [0.3, 0.4) is 0 Å². The fourth-order valence-electron chi connectivity index (χ4n) is 4.74. The quantitative estimate of drug-likeness (QED) is 0.262. The average molecular weight is 535 g/mol. The Morgan fingerprint density at radius 3 is 2.72 bits per heavy atom. The number of rotatable bonds is 8. The van der Waals surface area contributed by atoms with Gasteiger partial charge in [-0.05, 0) is 30.3 Å². The molecular formula is C25H27FN10O3. The zero-order valence-electron chi connectivity index (χ0n) is 21.0. The molecule has 1 amide bonds. The number of nitrogen functional groups attached to an aromatic ring is 1. The maximum absolute atomic E-state index is 14.8. The summed E-state index contributed by atoms with van der Waals surface area (Å²) in [6.07, 6.45) is 3.28. The Hall–Kier alpha value is -4.56. The molecule has 0 aliphatic carbocycles. The molecule has 4 N–H and O–H groups in total. The van der Waals surface area contributed by atoms with Gasteiger partial charge in [0.05, 0.1) is 24.9 Å². The summed E-state index contributed by atoms with van der Waals surface area (Å²) < 4.78 is 23.6. The first-order chi connectivity index (χ1) is 19.0. The second kappa shape index (κ2) is 10.3. The minimum absolute atomic E-state index is 0.125. The van der Waals surface area contributed by atoms with Crippen molar-refractivity contribution in [2.75, 3.05) is 56.5 Å². The summed E-state index contributed by atoms with van der Waals surface area (Å²) in [4.78, 5) is 29.9. The largest absolute Gasteiger partial charge is 0.461 e. The van der Waals surface area contributed by atoms with Crippen molar-refractivity contribution in [3.8, 4) is 11.6 Å². The number of carbonyl (C=O) groups excluding carboxylic acids is 1. The molecule has 0 atom stereocenters. The van der Waals surface area contributed by atoms with Crippen LogP contribution in [-0.2, 0) is 6.54 Å². The van der Waals surface area contributed by atoms with Crippen LogP contribution in [0.15, 0.2) is 47.3 Å². The maximum Gasteiger partial charge on any atom is 0.251 e.